The third kappa shape index (κ3) is 2.71. The van der Waals surface area contributed by atoms with Gasteiger partial charge in [-0.05, 0) is 44.1 Å². The molecule has 1 atom stereocenters. The van der Waals surface area contributed by atoms with E-state index in [1.54, 1.807) is 0 Å². The molecule has 110 valence electrons. The van der Waals surface area contributed by atoms with Crippen molar-refractivity contribution in [3.63, 3.8) is 0 Å². The number of nitrogens with zero attached hydrogens (tertiary/aromatic N) is 1. The van der Waals surface area contributed by atoms with E-state index in [1.165, 1.54) is 50.6 Å². The lowest BCUT2D eigenvalue weighted by molar-refractivity contribution is 0.144. The average molecular weight is 273 g/mol. The van der Waals surface area contributed by atoms with Gasteiger partial charge in [-0.15, -0.1) is 0 Å². The second-order valence-corrected chi connectivity index (χ2v) is 6.78. The summed E-state index contributed by atoms with van der Waals surface area (Å²) < 4.78 is 0. The normalized spacial score (nSPS) is 23.8. The van der Waals surface area contributed by atoms with Gasteiger partial charge >= 0.3 is 0 Å². The van der Waals surface area contributed by atoms with Gasteiger partial charge in [-0.3, -0.25) is 0 Å². The fraction of sp³-hybridized carbons (Fsp3) is 0.667. The van der Waals surface area contributed by atoms with Crippen molar-refractivity contribution in [3.8, 4) is 0 Å². The van der Waals surface area contributed by atoms with Gasteiger partial charge in [-0.2, -0.15) is 0 Å². The Morgan fingerprint density at radius 3 is 2.30 bits per heavy atom. The van der Waals surface area contributed by atoms with Crippen LogP contribution in [0.1, 0.15) is 63.5 Å². The summed E-state index contributed by atoms with van der Waals surface area (Å²) in [4.78, 5) is 2.49. The van der Waals surface area contributed by atoms with Gasteiger partial charge in [-0.25, -0.2) is 0 Å². The molecule has 1 unspecified atom stereocenters. The van der Waals surface area contributed by atoms with Crippen LogP contribution in [-0.2, 0) is 0 Å². The zero-order valence-corrected chi connectivity index (χ0v) is 12.6. The number of aliphatic hydroxyl groups is 1. The monoisotopic (exact) mass is 273 g/mol. The molecular formula is C18H27NO. The molecule has 1 aliphatic carbocycles. The average Bonchev–Trinajstić information content (AvgIpc) is 2.49. The molecule has 1 heterocycles. The molecule has 2 heteroatoms. The van der Waals surface area contributed by atoms with Crippen molar-refractivity contribution in [1.82, 2.24) is 0 Å². The highest BCUT2D eigenvalue weighted by Gasteiger charge is 2.35. The lowest BCUT2D eigenvalue weighted by Crippen LogP contribution is -2.41. The predicted molar refractivity (Wildman–Crippen MR) is 84.0 cm³/mol. The Labute approximate surface area is 122 Å². The van der Waals surface area contributed by atoms with Gasteiger partial charge in [0.05, 0.1) is 6.10 Å². The zero-order chi connectivity index (χ0) is 14.0. The lowest BCUT2D eigenvalue weighted by atomic mass is 9.68. The van der Waals surface area contributed by atoms with E-state index in [0.717, 1.165) is 18.7 Å². The molecule has 1 aromatic carbocycles. The van der Waals surface area contributed by atoms with Crippen LogP contribution < -0.4 is 4.90 Å². The Hall–Kier alpha value is -1.02. The second kappa shape index (κ2) is 5.77. The molecule has 1 aromatic rings. The first-order valence-corrected chi connectivity index (χ1v) is 8.22. The summed E-state index contributed by atoms with van der Waals surface area (Å²) in [6, 6.07) is 8.34. The third-order valence-corrected chi connectivity index (χ3v) is 5.47. The van der Waals surface area contributed by atoms with Gasteiger partial charge in [0.2, 0.25) is 0 Å². The van der Waals surface area contributed by atoms with Gasteiger partial charge < -0.3 is 10.0 Å². The number of hydrogen-bond acceptors (Lipinski definition) is 2. The summed E-state index contributed by atoms with van der Waals surface area (Å²) in [5.74, 6) is 0. The third-order valence-electron chi connectivity index (χ3n) is 5.47. The molecule has 0 amide bonds. The van der Waals surface area contributed by atoms with Crippen LogP contribution in [0.5, 0.6) is 0 Å². The number of rotatable bonds is 2. The van der Waals surface area contributed by atoms with Crippen LogP contribution in [-0.4, -0.2) is 18.2 Å². The second-order valence-electron chi connectivity index (χ2n) is 6.78. The molecule has 2 aliphatic rings. The highest BCUT2D eigenvalue weighted by Crippen LogP contribution is 2.45. The smallest absolute Gasteiger partial charge is 0.0781 e. The predicted octanol–water partition coefficient (Wildman–Crippen LogP) is 4.29. The molecular weight excluding hydrogens is 246 g/mol. The SMILES string of the molecule is CC(O)c1ccccc1N1CCC2(CCCCC2)CC1. The van der Waals surface area contributed by atoms with Crippen molar-refractivity contribution in [3.05, 3.63) is 29.8 Å². The van der Waals surface area contributed by atoms with Crippen molar-refractivity contribution in [2.75, 3.05) is 18.0 Å². The van der Waals surface area contributed by atoms with Gasteiger partial charge in [0.15, 0.2) is 0 Å². The van der Waals surface area contributed by atoms with Crippen LogP contribution in [0.25, 0.3) is 0 Å². The van der Waals surface area contributed by atoms with Crippen molar-refractivity contribution >= 4 is 5.69 Å². The topological polar surface area (TPSA) is 23.5 Å². The molecule has 1 aliphatic heterocycles. The van der Waals surface area contributed by atoms with E-state index in [9.17, 15) is 5.11 Å². The first kappa shape index (κ1) is 13.9. The molecule has 2 nitrogen and oxygen atoms in total. The molecule has 1 saturated carbocycles. The highest BCUT2D eigenvalue weighted by molar-refractivity contribution is 5.54. The number of anilines is 1. The molecule has 0 aromatic heterocycles. The van der Waals surface area contributed by atoms with E-state index < -0.39 is 0 Å². The summed E-state index contributed by atoms with van der Waals surface area (Å²) in [7, 11) is 0. The number of hydrogen-bond donors (Lipinski definition) is 1. The van der Waals surface area contributed by atoms with Crippen LogP contribution in [0.3, 0.4) is 0 Å². The van der Waals surface area contributed by atoms with Crippen LogP contribution in [0, 0.1) is 5.41 Å². The van der Waals surface area contributed by atoms with Gasteiger partial charge in [0.1, 0.15) is 0 Å². The Bertz CT molecular complexity index is 438. The molecule has 1 spiro atoms. The van der Waals surface area contributed by atoms with Crippen molar-refractivity contribution in [2.24, 2.45) is 5.41 Å². The quantitative estimate of drug-likeness (QED) is 0.869. The number of benzene rings is 1. The molecule has 2 fully saturated rings. The molecule has 20 heavy (non-hydrogen) atoms. The number of piperidine rings is 1. The first-order valence-electron chi connectivity index (χ1n) is 8.22. The maximum absolute atomic E-state index is 9.95. The maximum Gasteiger partial charge on any atom is 0.0781 e. The van der Waals surface area contributed by atoms with Crippen LogP contribution in [0.2, 0.25) is 0 Å². The standard InChI is InChI=1S/C18H27NO/c1-15(20)16-7-3-4-8-17(16)19-13-11-18(12-14-19)9-5-2-6-10-18/h3-4,7-8,15,20H,2,5-6,9-14H2,1H3. The van der Waals surface area contributed by atoms with E-state index in [4.69, 9.17) is 0 Å². The summed E-state index contributed by atoms with van der Waals surface area (Å²) in [5.41, 5.74) is 2.97. The molecule has 0 radical (unpaired) electrons. The fourth-order valence-electron chi connectivity index (χ4n) is 4.15. The Morgan fingerprint density at radius 1 is 1.00 bits per heavy atom. The van der Waals surface area contributed by atoms with Crippen molar-refractivity contribution in [2.45, 2.75) is 58.0 Å². The summed E-state index contributed by atoms with van der Waals surface area (Å²) in [6.07, 6.45) is 9.49. The molecule has 1 N–H and O–H groups in total. The molecule has 0 bridgehead atoms. The van der Waals surface area contributed by atoms with Crippen LogP contribution >= 0.6 is 0 Å². The minimum Gasteiger partial charge on any atom is -0.389 e. The minimum atomic E-state index is -0.378. The van der Waals surface area contributed by atoms with Gasteiger partial charge in [-0.1, -0.05) is 37.5 Å². The number of para-hydroxylation sites is 1. The van der Waals surface area contributed by atoms with E-state index >= 15 is 0 Å². The van der Waals surface area contributed by atoms with Gasteiger partial charge in [0, 0.05) is 24.3 Å². The van der Waals surface area contributed by atoms with E-state index in [-0.39, 0.29) is 6.10 Å². The van der Waals surface area contributed by atoms with Crippen LogP contribution in [0.4, 0.5) is 5.69 Å². The van der Waals surface area contributed by atoms with Crippen molar-refractivity contribution in [1.29, 1.82) is 0 Å². The van der Waals surface area contributed by atoms with E-state index in [0.29, 0.717) is 5.41 Å². The summed E-state index contributed by atoms with van der Waals surface area (Å²) in [6.45, 7) is 4.18. The van der Waals surface area contributed by atoms with E-state index in [1.807, 2.05) is 13.0 Å². The largest absolute Gasteiger partial charge is 0.389 e. The zero-order valence-electron chi connectivity index (χ0n) is 12.6. The Kier molecular flexibility index (Phi) is 4.02. The fourth-order valence-corrected chi connectivity index (χ4v) is 4.15. The minimum absolute atomic E-state index is 0.378. The summed E-state index contributed by atoms with van der Waals surface area (Å²) in [5, 5.41) is 9.95. The van der Waals surface area contributed by atoms with Crippen LogP contribution in [0.15, 0.2) is 24.3 Å². The highest BCUT2D eigenvalue weighted by atomic mass is 16.3. The maximum atomic E-state index is 9.95. The Morgan fingerprint density at radius 2 is 1.65 bits per heavy atom. The number of aliphatic hydroxyl groups excluding tert-OH is 1. The Balaban J connectivity index is 1.72. The first-order chi connectivity index (χ1) is 9.70. The summed E-state index contributed by atoms with van der Waals surface area (Å²) >= 11 is 0. The van der Waals surface area contributed by atoms with Crippen molar-refractivity contribution < 1.29 is 5.11 Å². The van der Waals surface area contributed by atoms with Gasteiger partial charge in [0.25, 0.3) is 0 Å². The lowest BCUT2D eigenvalue weighted by Gasteiger charge is -2.45. The molecule has 3 rings (SSSR count). The van der Waals surface area contributed by atoms with E-state index in [2.05, 4.69) is 23.1 Å². The molecule has 1 saturated heterocycles.